The fourth-order valence-corrected chi connectivity index (χ4v) is 1.11. The molecule has 0 amide bonds. The van der Waals surface area contributed by atoms with Crippen LogP contribution < -0.4 is 0 Å². The predicted molar refractivity (Wildman–Crippen MR) is 35.4 cm³/mol. The van der Waals surface area contributed by atoms with Gasteiger partial charge in [0.2, 0.25) is 0 Å². The Kier molecular flexibility index (Phi) is 2.27. The van der Waals surface area contributed by atoms with Crippen molar-refractivity contribution < 1.29 is 14.6 Å². The average Bonchev–Trinajstić information content (AvgIpc) is 1.85. The highest BCUT2D eigenvalue weighted by molar-refractivity contribution is 5.70. The van der Waals surface area contributed by atoms with Gasteiger partial charge in [-0.05, 0) is 6.42 Å². The number of hydrogen-bond acceptors (Lipinski definition) is 3. The predicted octanol–water partition coefficient (Wildman–Crippen LogP) is 0.463. The molecule has 1 aliphatic rings. The zero-order valence-electron chi connectivity index (χ0n) is 6.04. The van der Waals surface area contributed by atoms with Crippen molar-refractivity contribution in [3.8, 4) is 0 Å². The van der Waals surface area contributed by atoms with Crippen molar-refractivity contribution in [3.63, 3.8) is 0 Å². The van der Waals surface area contributed by atoms with Gasteiger partial charge in [-0.2, -0.15) is 0 Å². The van der Waals surface area contributed by atoms with E-state index in [9.17, 15) is 4.79 Å². The number of aliphatic hydroxyl groups is 1. The molecule has 2 unspecified atom stereocenters. The molecule has 0 saturated carbocycles. The molecular formula is C7H12O3. The second kappa shape index (κ2) is 3.01. The molecule has 0 aromatic heterocycles. The van der Waals surface area contributed by atoms with Crippen molar-refractivity contribution in [1.29, 1.82) is 0 Å². The molecule has 1 fully saturated rings. The standard InChI is InChI=1S/C7H12O3/c1-2-6-3-5(8)4-7(9)10-6/h5-6,8H,2-4H2,1H3. The van der Waals surface area contributed by atoms with E-state index in [-0.39, 0.29) is 18.5 Å². The molecule has 10 heavy (non-hydrogen) atoms. The van der Waals surface area contributed by atoms with Crippen LogP contribution in [0.2, 0.25) is 0 Å². The summed E-state index contributed by atoms with van der Waals surface area (Å²) < 4.78 is 4.91. The maximum Gasteiger partial charge on any atom is 0.308 e. The molecule has 2 atom stereocenters. The van der Waals surface area contributed by atoms with Crippen molar-refractivity contribution in [1.82, 2.24) is 0 Å². The van der Waals surface area contributed by atoms with Gasteiger partial charge in [0.25, 0.3) is 0 Å². The van der Waals surface area contributed by atoms with E-state index in [0.717, 1.165) is 6.42 Å². The fourth-order valence-electron chi connectivity index (χ4n) is 1.11. The number of aliphatic hydroxyl groups excluding tert-OH is 1. The molecule has 1 rings (SSSR count). The minimum atomic E-state index is -0.480. The summed E-state index contributed by atoms with van der Waals surface area (Å²) >= 11 is 0. The molecular weight excluding hydrogens is 132 g/mol. The van der Waals surface area contributed by atoms with Gasteiger partial charge in [-0.1, -0.05) is 6.92 Å². The Morgan fingerprint density at radius 3 is 3.00 bits per heavy atom. The van der Waals surface area contributed by atoms with Gasteiger partial charge >= 0.3 is 5.97 Å². The number of esters is 1. The number of hydrogen-bond donors (Lipinski definition) is 1. The van der Waals surface area contributed by atoms with Crippen LogP contribution in [0.1, 0.15) is 26.2 Å². The third kappa shape index (κ3) is 1.70. The van der Waals surface area contributed by atoms with Crippen molar-refractivity contribution in [2.75, 3.05) is 0 Å². The van der Waals surface area contributed by atoms with Crippen LogP contribution in [0.5, 0.6) is 0 Å². The molecule has 3 heteroatoms. The van der Waals surface area contributed by atoms with E-state index in [1.165, 1.54) is 0 Å². The molecule has 0 aliphatic carbocycles. The number of carbonyl (C=O) groups excluding carboxylic acids is 1. The summed E-state index contributed by atoms with van der Waals surface area (Å²) in [5.74, 6) is -0.273. The SMILES string of the molecule is CCC1CC(O)CC(=O)O1. The topological polar surface area (TPSA) is 46.5 Å². The van der Waals surface area contributed by atoms with Crippen LogP contribution in [0.3, 0.4) is 0 Å². The zero-order chi connectivity index (χ0) is 7.56. The Morgan fingerprint density at radius 1 is 1.80 bits per heavy atom. The van der Waals surface area contributed by atoms with E-state index >= 15 is 0 Å². The van der Waals surface area contributed by atoms with E-state index in [0.29, 0.717) is 6.42 Å². The first-order chi connectivity index (χ1) is 4.72. The van der Waals surface area contributed by atoms with E-state index in [1.807, 2.05) is 6.92 Å². The van der Waals surface area contributed by atoms with E-state index in [1.54, 1.807) is 0 Å². The van der Waals surface area contributed by atoms with Crippen molar-refractivity contribution >= 4 is 5.97 Å². The molecule has 0 aromatic carbocycles. The van der Waals surface area contributed by atoms with Crippen LogP contribution in [-0.4, -0.2) is 23.3 Å². The van der Waals surface area contributed by atoms with Crippen molar-refractivity contribution in [2.24, 2.45) is 0 Å². The number of rotatable bonds is 1. The Morgan fingerprint density at radius 2 is 2.50 bits per heavy atom. The average molecular weight is 144 g/mol. The molecule has 1 aliphatic heterocycles. The van der Waals surface area contributed by atoms with Gasteiger partial charge in [0.15, 0.2) is 0 Å². The van der Waals surface area contributed by atoms with Crippen molar-refractivity contribution in [2.45, 2.75) is 38.4 Å². The van der Waals surface area contributed by atoms with Crippen LogP contribution >= 0.6 is 0 Å². The lowest BCUT2D eigenvalue weighted by Crippen LogP contribution is -2.31. The quantitative estimate of drug-likeness (QED) is 0.544. The summed E-state index contributed by atoms with van der Waals surface area (Å²) in [6.07, 6.45) is 1.02. The van der Waals surface area contributed by atoms with Crippen LogP contribution in [-0.2, 0) is 9.53 Å². The molecule has 0 bridgehead atoms. The van der Waals surface area contributed by atoms with Crippen LogP contribution in [0, 0.1) is 0 Å². The second-order valence-electron chi connectivity index (χ2n) is 2.61. The summed E-state index contributed by atoms with van der Waals surface area (Å²) in [6, 6.07) is 0. The van der Waals surface area contributed by atoms with Crippen LogP contribution in [0.25, 0.3) is 0 Å². The maximum atomic E-state index is 10.7. The first kappa shape index (κ1) is 7.54. The van der Waals surface area contributed by atoms with Gasteiger partial charge < -0.3 is 9.84 Å². The highest BCUT2D eigenvalue weighted by Gasteiger charge is 2.25. The monoisotopic (exact) mass is 144 g/mol. The summed E-state index contributed by atoms with van der Waals surface area (Å²) in [5, 5.41) is 9.08. The smallest absolute Gasteiger partial charge is 0.308 e. The second-order valence-corrected chi connectivity index (χ2v) is 2.61. The van der Waals surface area contributed by atoms with E-state index in [4.69, 9.17) is 9.84 Å². The Bertz CT molecular complexity index is 133. The van der Waals surface area contributed by atoms with Gasteiger partial charge in [0, 0.05) is 6.42 Å². The van der Waals surface area contributed by atoms with E-state index < -0.39 is 6.10 Å². The molecule has 1 N–H and O–H groups in total. The minimum absolute atomic E-state index is 0.0590. The number of cyclic esters (lactones) is 1. The van der Waals surface area contributed by atoms with Gasteiger partial charge in [-0.15, -0.1) is 0 Å². The number of carbonyl (C=O) groups is 1. The molecule has 3 nitrogen and oxygen atoms in total. The van der Waals surface area contributed by atoms with Crippen LogP contribution in [0.15, 0.2) is 0 Å². The fraction of sp³-hybridized carbons (Fsp3) is 0.857. The molecule has 1 heterocycles. The highest BCUT2D eigenvalue weighted by Crippen LogP contribution is 2.16. The third-order valence-corrected chi connectivity index (χ3v) is 1.69. The number of ether oxygens (including phenoxy) is 1. The largest absolute Gasteiger partial charge is 0.462 e. The molecule has 0 radical (unpaired) electrons. The lowest BCUT2D eigenvalue weighted by Gasteiger charge is -2.24. The van der Waals surface area contributed by atoms with Gasteiger partial charge in [-0.25, -0.2) is 0 Å². The first-order valence-corrected chi connectivity index (χ1v) is 3.60. The zero-order valence-corrected chi connectivity index (χ0v) is 6.04. The Hall–Kier alpha value is -0.570. The summed E-state index contributed by atoms with van der Waals surface area (Å²) in [6.45, 7) is 1.94. The molecule has 58 valence electrons. The van der Waals surface area contributed by atoms with Crippen LogP contribution in [0.4, 0.5) is 0 Å². The van der Waals surface area contributed by atoms with E-state index in [2.05, 4.69) is 0 Å². The van der Waals surface area contributed by atoms with Gasteiger partial charge in [0.1, 0.15) is 6.10 Å². The summed E-state index contributed by atoms with van der Waals surface area (Å²) in [7, 11) is 0. The lowest BCUT2D eigenvalue weighted by atomic mass is 10.0. The maximum absolute atomic E-state index is 10.7. The molecule has 0 spiro atoms. The minimum Gasteiger partial charge on any atom is -0.462 e. The Labute approximate surface area is 60.0 Å². The molecule has 1 saturated heterocycles. The molecule has 0 aromatic rings. The summed E-state index contributed by atoms with van der Waals surface area (Å²) in [5.41, 5.74) is 0. The first-order valence-electron chi connectivity index (χ1n) is 3.60. The highest BCUT2D eigenvalue weighted by atomic mass is 16.5. The Balaban J connectivity index is 2.42. The normalized spacial score (nSPS) is 33.6. The van der Waals surface area contributed by atoms with Gasteiger partial charge in [0.05, 0.1) is 12.5 Å². The van der Waals surface area contributed by atoms with Gasteiger partial charge in [-0.3, -0.25) is 4.79 Å². The third-order valence-electron chi connectivity index (χ3n) is 1.69. The summed E-state index contributed by atoms with van der Waals surface area (Å²) in [4.78, 5) is 10.7. The van der Waals surface area contributed by atoms with Crippen molar-refractivity contribution in [3.05, 3.63) is 0 Å². The lowest BCUT2D eigenvalue weighted by molar-refractivity contribution is -0.160.